The summed E-state index contributed by atoms with van der Waals surface area (Å²) in [5, 5.41) is 6.81. The lowest BCUT2D eigenvalue weighted by Gasteiger charge is -2.34. The Morgan fingerprint density at radius 3 is 2.91 bits per heavy atom. The van der Waals surface area contributed by atoms with Crippen molar-refractivity contribution in [2.24, 2.45) is 5.92 Å². The van der Waals surface area contributed by atoms with E-state index in [1.54, 1.807) is 23.5 Å². The molecule has 3 heterocycles. The number of hydrogen-bond acceptors (Lipinski definition) is 6. The highest BCUT2D eigenvalue weighted by molar-refractivity contribution is 5.75. The molecule has 8 heteroatoms. The van der Waals surface area contributed by atoms with Crippen molar-refractivity contribution in [2.45, 2.75) is 26.3 Å². The van der Waals surface area contributed by atoms with Gasteiger partial charge in [0.25, 0.3) is 0 Å². The molecule has 0 spiro atoms. The Labute approximate surface area is 127 Å². The van der Waals surface area contributed by atoms with E-state index in [-0.39, 0.29) is 18.0 Å². The molecule has 1 aliphatic rings. The van der Waals surface area contributed by atoms with E-state index in [4.69, 9.17) is 4.52 Å². The Morgan fingerprint density at radius 1 is 1.36 bits per heavy atom. The zero-order valence-electron chi connectivity index (χ0n) is 12.6. The fourth-order valence-electron chi connectivity index (χ4n) is 2.57. The first-order valence-electron chi connectivity index (χ1n) is 7.31. The van der Waals surface area contributed by atoms with Crippen molar-refractivity contribution in [3.05, 3.63) is 24.5 Å². The first kappa shape index (κ1) is 14.4. The summed E-state index contributed by atoms with van der Waals surface area (Å²) in [5.74, 6) is 0.956. The lowest BCUT2D eigenvalue weighted by Crippen LogP contribution is -2.49. The summed E-state index contributed by atoms with van der Waals surface area (Å²) in [7, 11) is 0. The largest absolute Gasteiger partial charge is 0.338 e. The molecule has 0 bridgehead atoms. The number of aromatic nitrogens is 4. The molecule has 0 aliphatic carbocycles. The van der Waals surface area contributed by atoms with E-state index < -0.39 is 0 Å². The smallest absolute Gasteiger partial charge is 0.318 e. The highest BCUT2D eigenvalue weighted by atomic mass is 16.5. The van der Waals surface area contributed by atoms with Crippen LogP contribution in [0.4, 0.5) is 4.79 Å². The predicted octanol–water partition coefficient (Wildman–Crippen LogP) is 1.64. The lowest BCUT2D eigenvalue weighted by molar-refractivity contribution is 0.122. The fraction of sp³-hybridized carbons (Fsp3) is 0.500. The Balaban J connectivity index is 1.89. The van der Waals surface area contributed by atoms with Gasteiger partial charge in [0, 0.05) is 25.5 Å². The van der Waals surface area contributed by atoms with Crippen LogP contribution in [0.5, 0.6) is 0 Å². The van der Waals surface area contributed by atoms with Crippen LogP contribution in [-0.2, 0) is 0 Å². The van der Waals surface area contributed by atoms with Crippen molar-refractivity contribution in [1.29, 1.82) is 0 Å². The summed E-state index contributed by atoms with van der Waals surface area (Å²) in [6.07, 6.45) is 5.63. The van der Waals surface area contributed by atoms with Gasteiger partial charge in [-0.05, 0) is 12.3 Å². The van der Waals surface area contributed by atoms with Crippen LogP contribution < -0.4 is 5.32 Å². The van der Waals surface area contributed by atoms with Crippen molar-refractivity contribution in [2.75, 3.05) is 13.1 Å². The maximum atomic E-state index is 12.1. The standard InChI is InChI=1S/C14H18N6O2/c1-9(2)11(20-7-3-4-17-14(20)21)13-18-12(19-22-13)10-8-15-5-6-16-10/h5-6,8-9,11H,3-4,7H2,1-2H3,(H,17,21)/t11-/m0/s1. The van der Waals surface area contributed by atoms with E-state index in [1.807, 2.05) is 13.8 Å². The minimum Gasteiger partial charge on any atom is -0.338 e. The molecule has 0 saturated carbocycles. The van der Waals surface area contributed by atoms with E-state index in [9.17, 15) is 4.79 Å². The molecule has 0 radical (unpaired) electrons. The molecule has 2 amide bonds. The van der Waals surface area contributed by atoms with Crippen molar-refractivity contribution < 1.29 is 9.32 Å². The second kappa shape index (κ2) is 6.08. The lowest BCUT2D eigenvalue weighted by atomic mass is 10.0. The molecule has 1 saturated heterocycles. The van der Waals surface area contributed by atoms with Gasteiger partial charge in [-0.15, -0.1) is 0 Å². The Hall–Kier alpha value is -2.51. The van der Waals surface area contributed by atoms with Gasteiger partial charge in [-0.2, -0.15) is 4.98 Å². The van der Waals surface area contributed by atoms with Crippen LogP contribution in [0.2, 0.25) is 0 Å². The summed E-state index contributed by atoms with van der Waals surface area (Å²) in [6, 6.07) is -0.345. The van der Waals surface area contributed by atoms with Crippen LogP contribution in [0.15, 0.2) is 23.1 Å². The highest BCUT2D eigenvalue weighted by Gasteiger charge is 2.33. The van der Waals surface area contributed by atoms with Crippen molar-refractivity contribution in [3.63, 3.8) is 0 Å². The van der Waals surface area contributed by atoms with Gasteiger partial charge in [-0.1, -0.05) is 19.0 Å². The topological polar surface area (TPSA) is 97.0 Å². The molecule has 8 nitrogen and oxygen atoms in total. The summed E-state index contributed by atoms with van der Waals surface area (Å²) < 4.78 is 5.39. The molecular formula is C14H18N6O2. The summed E-state index contributed by atoms with van der Waals surface area (Å²) >= 11 is 0. The van der Waals surface area contributed by atoms with Crippen molar-refractivity contribution in [3.8, 4) is 11.5 Å². The summed E-state index contributed by atoms with van der Waals surface area (Å²) in [5.41, 5.74) is 0.545. The Kier molecular flexibility index (Phi) is 3.99. The van der Waals surface area contributed by atoms with Gasteiger partial charge in [0.1, 0.15) is 11.7 Å². The number of hydrogen-bond donors (Lipinski definition) is 1. The quantitative estimate of drug-likeness (QED) is 0.922. The van der Waals surface area contributed by atoms with E-state index >= 15 is 0 Å². The molecule has 2 aromatic rings. The SMILES string of the molecule is CC(C)[C@@H](c1nc(-c2cnccn2)no1)N1CCCNC1=O. The molecular weight excluding hydrogens is 284 g/mol. The number of urea groups is 1. The molecule has 2 aromatic heterocycles. The zero-order chi connectivity index (χ0) is 15.5. The zero-order valence-corrected chi connectivity index (χ0v) is 12.6. The van der Waals surface area contributed by atoms with Gasteiger partial charge in [0.2, 0.25) is 11.7 Å². The highest BCUT2D eigenvalue weighted by Crippen LogP contribution is 2.29. The number of amides is 2. The molecule has 22 heavy (non-hydrogen) atoms. The van der Waals surface area contributed by atoms with Crippen LogP contribution in [0.3, 0.4) is 0 Å². The Bertz CT molecular complexity index is 642. The number of nitrogens with zero attached hydrogens (tertiary/aromatic N) is 5. The maximum Gasteiger partial charge on any atom is 0.318 e. The van der Waals surface area contributed by atoms with E-state index in [2.05, 4.69) is 25.4 Å². The third-order valence-electron chi connectivity index (χ3n) is 3.57. The maximum absolute atomic E-state index is 12.1. The normalized spacial score (nSPS) is 16.7. The molecule has 116 valence electrons. The predicted molar refractivity (Wildman–Crippen MR) is 77.6 cm³/mol. The number of rotatable bonds is 4. The monoisotopic (exact) mass is 302 g/mol. The molecule has 3 rings (SSSR count). The van der Waals surface area contributed by atoms with Crippen LogP contribution in [0.25, 0.3) is 11.5 Å². The summed E-state index contributed by atoms with van der Waals surface area (Å²) in [6.45, 7) is 5.43. The van der Waals surface area contributed by atoms with E-state index in [1.165, 1.54) is 0 Å². The van der Waals surface area contributed by atoms with Gasteiger partial charge < -0.3 is 14.7 Å². The molecule has 1 N–H and O–H groups in total. The summed E-state index contributed by atoms with van der Waals surface area (Å²) in [4.78, 5) is 26.4. The molecule has 1 atom stereocenters. The average molecular weight is 302 g/mol. The minimum absolute atomic E-state index is 0.0933. The molecule has 1 fully saturated rings. The number of carbonyl (C=O) groups excluding carboxylic acids is 1. The van der Waals surface area contributed by atoms with Crippen LogP contribution in [0.1, 0.15) is 32.2 Å². The van der Waals surface area contributed by atoms with Crippen molar-refractivity contribution in [1.82, 2.24) is 30.3 Å². The van der Waals surface area contributed by atoms with E-state index in [0.29, 0.717) is 30.5 Å². The number of carbonyl (C=O) groups is 1. The van der Waals surface area contributed by atoms with Gasteiger partial charge in [-0.25, -0.2) is 9.78 Å². The fourth-order valence-corrected chi connectivity index (χ4v) is 2.57. The number of nitrogens with one attached hydrogen (secondary N) is 1. The molecule has 0 unspecified atom stereocenters. The van der Waals surface area contributed by atoms with Gasteiger partial charge >= 0.3 is 6.03 Å². The molecule has 1 aliphatic heterocycles. The first-order valence-corrected chi connectivity index (χ1v) is 7.31. The van der Waals surface area contributed by atoms with Crippen LogP contribution in [0, 0.1) is 5.92 Å². The van der Waals surface area contributed by atoms with Crippen LogP contribution >= 0.6 is 0 Å². The third kappa shape index (κ3) is 2.76. The second-order valence-corrected chi connectivity index (χ2v) is 5.51. The minimum atomic E-state index is -0.252. The van der Waals surface area contributed by atoms with Crippen molar-refractivity contribution >= 4 is 6.03 Å². The average Bonchev–Trinajstić information content (AvgIpc) is 2.99. The third-order valence-corrected chi connectivity index (χ3v) is 3.57. The second-order valence-electron chi connectivity index (χ2n) is 5.51. The first-order chi connectivity index (χ1) is 10.7. The molecule has 0 aromatic carbocycles. The van der Waals surface area contributed by atoms with Gasteiger partial charge in [0.05, 0.1) is 6.20 Å². The van der Waals surface area contributed by atoms with E-state index in [0.717, 1.165) is 6.42 Å². The Morgan fingerprint density at radius 2 is 2.23 bits per heavy atom. The van der Waals surface area contributed by atoms with Gasteiger partial charge in [-0.3, -0.25) is 4.98 Å². The van der Waals surface area contributed by atoms with Gasteiger partial charge in [0.15, 0.2) is 0 Å². The van der Waals surface area contributed by atoms with Crippen LogP contribution in [-0.4, -0.2) is 44.1 Å².